The van der Waals surface area contributed by atoms with Crippen molar-refractivity contribution >= 4 is 11.8 Å². The normalized spacial score (nSPS) is 10.2. The number of hydrogen-bond acceptors (Lipinski definition) is 2. The van der Waals surface area contributed by atoms with Gasteiger partial charge in [0.25, 0.3) is 6.43 Å². The molecule has 0 spiro atoms. The molecule has 16 heavy (non-hydrogen) atoms. The van der Waals surface area contributed by atoms with Gasteiger partial charge in [-0.2, -0.15) is 5.10 Å². The van der Waals surface area contributed by atoms with Crippen LogP contribution < -0.4 is 10.6 Å². The van der Waals surface area contributed by atoms with E-state index in [1.165, 1.54) is 18.3 Å². The molecule has 1 rings (SSSR count). The maximum atomic E-state index is 12.0. The van der Waals surface area contributed by atoms with Gasteiger partial charge in [0.05, 0.1) is 0 Å². The van der Waals surface area contributed by atoms with Gasteiger partial charge in [-0.3, -0.25) is 10.00 Å². The zero-order valence-corrected chi connectivity index (χ0v) is 8.49. The number of rotatable bonds is 5. The zero-order chi connectivity index (χ0) is 12.0. The number of amides is 2. The number of halogens is 2. The van der Waals surface area contributed by atoms with Crippen LogP contribution in [0.25, 0.3) is 0 Å². The Hall–Kier alpha value is -1.92. The smallest absolute Gasteiger partial charge is 0.320 e. The van der Waals surface area contributed by atoms with E-state index in [0.717, 1.165) is 4.68 Å². The third kappa shape index (κ3) is 4.07. The van der Waals surface area contributed by atoms with Crippen LogP contribution in [0.4, 0.5) is 19.4 Å². The van der Waals surface area contributed by atoms with E-state index >= 15 is 0 Å². The lowest BCUT2D eigenvalue weighted by molar-refractivity contribution is 0.122. The molecule has 0 fully saturated rings. The molecule has 0 unspecified atom stereocenters. The first-order chi connectivity index (χ1) is 7.61. The average Bonchev–Trinajstić information content (AvgIpc) is 2.61. The van der Waals surface area contributed by atoms with Crippen LogP contribution >= 0.6 is 0 Å². The number of alkyl halides is 2. The minimum atomic E-state index is -2.47. The zero-order valence-electron chi connectivity index (χ0n) is 8.49. The second-order valence-corrected chi connectivity index (χ2v) is 2.94. The van der Waals surface area contributed by atoms with E-state index in [1.54, 1.807) is 0 Å². The number of aromatic nitrogens is 2. The van der Waals surface area contributed by atoms with Gasteiger partial charge in [-0.25, -0.2) is 13.6 Å². The highest BCUT2D eigenvalue weighted by atomic mass is 19.3. The van der Waals surface area contributed by atoms with Gasteiger partial charge in [-0.05, 0) is 0 Å². The van der Waals surface area contributed by atoms with Crippen molar-refractivity contribution in [3.63, 3.8) is 0 Å². The summed E-state index contributed by atoms with van der Waals surface area (Å²) in [5.74, 6) is 0.224. The quantitative estimate of drug-likeness (QED) is 0.752. The predicted octanol–water partition coefficient (Wildman–Crippen LogP) is 1.46. The van der Waals surface area contributed by atoms with Gasteiger partial charge in [0, 0.05) is 18.8 Å². The number of nitrogens with zero attached hydrogens (tertiary/aromatic N) is 2. The second kappa shape index (κ2) is 5.84. The molecule has 0 aliphatic rings. The number of carbonyl (C=O) groups excluding carboxylic acids is 1. The molecular formula is C9H12F2N4O. The molecule has 0 bridgehead atoms. The first-order valence-electron chi connectivity index (χ1n) is 4.59. The van der Waals surface area contributed by atoms with Crippen LogP contribution in [0.2, 0.25) is 0 Å². The number of carbonyl (C=O) groups is 1. The van der Waals surface area contributed by atoms with E-state index in [2.05, 4.69) is 22.3 Å². The predicted molar refractivity (Wildman–Crippen MR) is 55.4 cm³/mol. The van der Waals surface area contributed by atoms with Crippen molar-refractivity contribution in [2.24, 2.45) is 0 Å². The molecule has 5 nitrogen and oxygen atoms in total. The molecule has 0 saturated carbocycles. The Morgan fingerprint density at radius 1 is 1.69 bits per heavy atom. The average molecular weight is 230 g/mol. The minimum Gasteiger partial charge on any atom is -0.334 e. The molecule has 0 saturated heterocycles. The van der Waals surface area contributed by atoms with Gasteiger partial charge in [0.15, 0.2) is 5.82 Å². The Morgan fingerprint density at radius 3 is 3.06 bits per heavy atom. The van der Waals surface area contributed by atoms with Gasteiger partial charge in [-0.15, -0.1) is 6.58 Å². The van der Waals surface area contributed by atoms with Gasteiger partial charge in [0.1, 0.15) is 6.54 Å². The molecule has 88 valence electrons. The summed E-state index contributed by atoms with van der Waals surface area (Å²) in [6.07, 6.45) is 0.423. The first-order valence-corrected chi connectivity index (χ1v) is 4.59. The maximum absolute atomic E-state index is 12.0. The van der Waals surface area contributed by atoms with Gasteiger partial charge in [0.2, 0.25) is 0 Å². The summed E-state index contributed by atoms with van der Waals surface area (Å²) >= 11 is 0. The highest BCUT2D eigenvalue weighted by molar-refractivity contribution is 5.88. The molecule has 2 N–H and O–H groups in total. The summed E-state index contributed by atoms with van der Waals surface area (Å²) in [6.45, 7) is 3.26. The van der Waals surface area contributed by atoms with E-state index in [0.29, 0.717) is 6.54 Å². The molecule has 0 aliphatic heterocycles. The fraction of sp³-hybridized carbons (Fsp3) is 0.333. The topological polar surface area (TPSA) is 59.0 Å². The summed E-state index contributed by atoms with van der Waals surface area (Å²) in [7, 11) is 0. The Balaban J connectivity index is 2.45. The van der Waals surface area contributed by atoms with Crippen molar-refractivity contribution < 1.29 is 13.6 Å². The molecule has 1 aromatic rings. The summed E-state index contributed by atoms with van der Waals surface area (Å²) in [6, 6.07) is 0.984. The second-order valence-electron chi connectivity index (χ2n) is 2.94. The van der Waals surface area contributed by atoms with Crippen LogP contribution in [0.15, 0.2) is 24.9 Å². The third-order valence-electron chi connectivity index (χ3n) is 1.61. The number of urea groups is 1. The van der Waals surface area contributed by atoms with E-state index < -0.39 is 19.0 Å². The fourth-order valence-corrected chi connectivity index (χ4v) is 0.997. The van der Waals surface area contributed by atoms with Crippen molar-refractivity contribution in [1.82, 2.24) is 15.1 Å². The van der Waals surface area contributed by atoms with Gasteiger partial charge in [-0.1, -0.05) is 6.08 Å². The molecule has 0 aromatic carbocycles. The van der Waals surface area contributed by atoms with Crippen molar-refractivity contribution in [2.75, 3.05) is 11.9 Å². The van der Waals surface area contributed by atoms with Crippen LogP contribution in [0.3, 0.4) is 0 Å². The standard InChI is InChI=1S/C9H12F2N4O/c1-2-4-12-9(16)13-8-3-5-15(14-8)6-7(10)11/h2-3,5,7H,1,4,6H2,(H2,12,13,14,16). The van der Waals surface area contributed by atoms with E-state index in [-0.39, 0.29) is 5.82 Å². The van der Waals surface area contributed by atoms with Crippen LogP contribution in [0.5, 0.6) is 0 Å². The Bertz CT molecular complexity index is 364. The van der Waals surface area contributed by atoms with Gasteiger partial charge >= 0.3 is 6.03 Å². The Kier molecular flexibility index (Phi) is 4.43. The summed E-state index contributed by atoms with van der Waals surface area (Å²) in [5, 5.41) is 8.60. The molecule has 7 heteroatoms. The van der Waals surface area contributed by atoms with Crippen LogP contribution in [0, 0.1) is 0 Å². The van der Waals surface area contributed by atoms with Crippen LogP contribution in [0.1, 0.15) is 0 Å². The monoisotopic (exact) mass is 230 g/mol. The van der Waals surface area contributed by atoms with Gasteiger partial charge < -0.3 is 5.32 Å². The fourth-order valence-electron chi connectivity index (χ4n) is 0.997. The lowest BCUT2D eigenvalue weighted by atomic mass is 10.6. The van der Waals surface area contributed by atoms with Crippen molar-refractivity contribution in [3.8, 4) is 0 Å². The molecule has 0 aliphatic carbocycles. The summed E-state index contributed by atoms with van der Waals surface area (Å²) < 4.78 is 25.0. The number of nitrogens with one attached hydrogen (secondary N) is 2. The molecular weight excluding hydrogens is 218 g/mol. The minimum absolute atomic E-state index is 0.224. The largest absolute Gasteiger partial charge is 0.334 e. The first kappa shape index (κ1) is 12.2. The van der Waals surface area contributed by atoms with Crippen molar-refractivity contribution in [1.29, 1.82) is 0 Å². The van der Waals surface area contributed by atoms with Crippen molar-refractivity contribution in [2.45, 2.75) is 13.0 Å². The van der Waals surface area contributed by atoms with E-state index in [1.807, 2.05) is 0 Å². The molecule has 0 atom stereocenters. The van der Waals surface area contributed by atoms with Crippen LogP contribution in [-0.4, -0.2) is 28.8 Å². The SMILES string of the molecule is C=CCNC(=O)Nc1ccn(CC(F)F)n1. The number of hydrogen-bond donors (Lipinski definition) is 2. The highest BCUT2D eigenvalue weighted by Crippen LogP contribution is 2.04. The third-order valence-corrected chi connectivity index (χ3v) is 1.61. The lowest BCUT2D eigenvalue weighted by Crippen LogP contribution is -2.28. The molecule has 1 aromatic heterocycles. The lowest BCUT2D eigenvalue weighted by Gasteiger charge is -2.02. The van der Waals surface area contributed by atoms with E-state index in [9.17, 15) is 13.6 Å². The van der Waals surface area contributed by atoms with Crippen LogP contribution in [-0.2, 0) is 6.54 Å². The Morgan fingerprint density at radius 2 is 2.44 bits per heavy atom. The molecule has 1 heterocycles. The Labute approximate surface area is 91.1 Å². The van der Waals surface area contributed by atoms with E-state index in [4.69, 9.17) is 0 Å². The summed E-state index contributed by atoms with van der Waals surface area (Å²) in [4.78, 5) is 11.1. The molecule has 0 radical (unpaired) electrons. The molecule has 2 amide bonds. The maximum Gasteiger partial charge on any atom is 0.320 e. The number of anilines is 1. The summed E-state index contributed by atoms with van der Waals surface area (Å²) in [5.41, 5.74) is 0. The highest BCUT2D eigenvalue weighted by Gasteiger charge is 2.07. The van der Waals surface area contributed by atoms with Crippen molar-refractivity contribution in [3.05, 3.63) is 24.9 Å².